The summed E-state index contributed by atoms with van der Waals surface area (Å²) in [5.74, 6) is 0.981. The van der Waals surface area contributed by atoms with E-state index in [1.807, 2.05) is 32.3 Å². The Morgan fingerprint density at radius 1 is 1.36 bits per heavy atom. The number of hydrogen-bond donors (Lipinski definition) is 1. The van der Waals surface area contributed by atoms with E-state index in [0.717, 1.165) is 11.4 Å². The van der Waals surface area contributed by atoms with E-state index in [0.29, 0.717) is 6.04 Å². The molecule has 1 heterocycles. The van der Waals surface area contributed by atoms with Crippen LogP contribution in [0.25, 0.3) is 0 Å². The highest BCUT2D eigenvalue weighted by molar-refractivity contribution is 5.41. The van der Waals surface area contributed by atoms with Gasteiger partial charge >= 0.3 is 0 Å². The maximum atomic E-state index is 5.81. The lowest BCUT2D eigenvalue weighted by molar-refractivity contribution is 0.738. The van der Waals surface area contributed by atoms with Gasteiger partial charge in [0, 0.05) is 25.3 Å². The lowest BCUT2D eigenvalue weighted by atomic mass is 10.1. The first-order valence-electron chi connectivity index (χ1n) is 4.96. The molecule has 14 heavy (non-hydrogen) atoms. The molecule has 3 nitrogen and oxygen atoms in total. The second kappa shape index (κ2) is 4.42. The predicted octanol–water partition coefficient (Wildman–Crippen LogP) is 1.95. The van der Waals surface area contributed by atoms with E-state index in [4.69, 9.17) is 5.73 Å². The number of pyridine rings is 1. The normalized spacial score (nSPS) is 13.0. The number of rotatable bonds is 3. The second-order valence-corrected chi connectivity index (χ2v) is 3.94. The molecule has 1 aromatic rings. The van der Waals surface area contributed by atoms with Gasteiger partial charge in [0.25, 0.3) is 0 Å². The SMILES string of the molecule is CC(N)c1ccnc(N(C)C(C)C)c1. The number of hydrogen-bond acceptors (Lipinski definition) is 3. The number of aromatic nitrogens is 1. The van der Waals surface area contributed by atoms with Gasteiger partial charge in [-0.1, -0.05) is 0 Å². The Morgan fingerprint density at radius 2 is 2.00 bits per heavy atom. The van der Waals surface area contributed by atoms with E-state index in [9.17, 15) is 0 Å². The largest absolute Gasteiger partial charge is 0.357 e. The number of anilines is 1. The standard InChI is InChI=1S/C11H19N3/c1-8(2)14(4)11-7-10(9(3)12)5-6-13-11/h5-9H,12H2,1-4H3. The second-order valence-electron chi connectivity index (χ2n) is 3.94. The summed E-state index contributed by atoms with van der Waals surface area (Å²) in [5.41, 5.74) is 6.94. The van der Waals surface area contributed by atoms with Crippen molar-refractivity contribution >= 4 is 5.82 Å². The molecule has 0 radical (unpaired) electrons. The Kier molecular flexibility index (Phi) is 3.47. The third-order valence-electron chi connectivity index (χ3n) is 2.43. The quantitative estimate of drug-likeness (QED) is 0.797. The Hall–Kier alpha value is -1.09. The number of nitrogens with zero attached hydrogens (tertiary/aromatic N) is 2. The van der Waals surface area contributed by atoms with E-state index in [1.54, 1.807) is 0 Å². The van der Waals surface area contributed by atoms with Gasteiger partial charge in [-0.25, -0.2) is 4.98 Å². The minimum atomic E-state index is 0.0670. The van der Waals surface area contributed by atoms with Crippen LogP contribution in [-0.4, -0.2) is 18.1 Å². The van der Waals surface area contributed by atoms with Crippen LogP contribution in [0.4, 0.5) is 5.82 Å². The molecule has 2 N–H and O–H groups in total. The lowest BCUT2D eigenvalue weighted by Gasteiger charge is -2.23. The van der Waals surface area contributed by atoms with Gasteiger partial charge in [-0.05, 0) is 38.5 Å². The first-order valence-corrected chi connectivity index (χ1v) is 4.96. The van der Waals surface area contributed by atoms with E-state index >= 15 is 0 Å². The summed E-state index contributed by atoms with van der Waals surface area (Å²) < 4.78 is 0. The zero-order valence-corrected chi connectivity index (χ0v) is 9.36. The molecule has 1 atom stereocenters. The molecule has 3 heteroatoms. The summed E-state index contributed by atoms with van der Waals surface area (Å²) in [6, 6.07) is 4.52. The Balaban J connectivity index is 2.93. The van der Waals surface area contributed by atoms with Crippen LogP contribution in [0.5, 0.6) is 0 Å². The fourth-order valence-corrected chi connectivity index (χ4v) is 1.17. The first-order chi connectivity index (χ1) is 6.52. The molecule has 1 unspecified atom stereocenters. The summed E-state index contributed by atoms with van der Waals surface area (Å²) in [4.78, 5) is 6.44. The van der Waals surface area contributed by atoms with Crippen molar-refractivity contribution in [2.75, 3.05) is 11.9 Å². The molecule has 0 spiro atoms. The fraction of sp³-hybridized carbons (Fsp3) is 0.545. The summed E-state index contributed by atoms with van der Waals surface area (Å²) in [7, 11) is 2.04. The van der Waals surface area contributed by atoms with Gasteiger partial charge in [-0.2, -0.15) is 0 Å². The van der Waals surface area contributed by atoms with Crippen LogP contribution < -0.4 is 10.6 Å². The molecule has 1 rings (SSSR count). The van der Waals surface area contributed by atoms with Gasteiger partial charge in [0.1, 0.15) is 5.82 Å². The summed E-state index contributed by atoms with van der Waals surface area (Å²) in [5, 5.41) is 0. The molecule has 0 aliphatic heterocycles. The van der Waals surface area contributed by atoms with Gasteiger partial charge in [0.15, 0.2) is 0 Å². The van der Waals surface area contributed by atoms with Crippen LogP contribution in [0.2, 0.25) is 0 Å². The van der Waals surface area contributed by atoms with Crippen LogP contribution in [0.1, 0.15) is 32.4 Å². The summed E-state index contributed by atoms with van der Waals surface area (Å²) in [6.45, 7) is 6.26. The van der Waals surface area contributed by atoms with Crippen molar-refractivity contribution in [2.45, 2.75) is 32.9 Å². The molecule has 0 aliphatic carbocycles. The van der Waals surface area contributed by atoms with Crippen molar-refractivity contribution in [3.05, 3.63) is 23.9 Å². The minimum absolute atomic E-state index is 0.0670. The molecule has 0 aliphatic rings. The predicted molar refractivity (Wildman–Crippen MR) is 60.4 cm³/mol. The lowest BCUT2D eigenvalue weighted by Crippen LogP contribution is -2.26. The smallest absolute Gasteiger partial charge is 0.128 e. The third kappa shape index (κ3) is 2.45. The van der Waals surface area contributed by atoms with Gasteiger partial charge in [0.05, 0.1) is 0 Å². The van der Waals surface area contributed by atoms with Crippen LogP contribution >= 0.6 is 0 Å². The summed E-state index contributed by atoms with van der Waals surface area (Å²) in [6.07, 6.45) is 1.81. The highest BCUT2D eigenvalue weighted by atomic mass is 15.2. The maximum absolute atomic E-state index is 5.81. The highest BCUT2D eigenvalue weighted by Gasteiger charge is 2.07. The molecule has 0 bridgehead atoms. The molecule has 0 aromatic carbocycles. The van der Waals surface area contributed by atoms with Gasteiger partial charge < -0.3 is 10.6 Å². The molecule has 0 saturated carbocycles. The molecule has 0 fully saturated rings. The zero-order valence-electron chi connectivity index (χ0n) is 9.36. The van der Waals surface area contributed by atoms with Crippen molar-refractivity contribution < 1.29 is 0 Å². The van der Waals surface area contributed by atoms with Crippen molar-refractivity contribution in [3.63, 3.8) is 0 Å². The molecule has 0 saturated heterocycles. The van der Waals surface area contributed by atoms with E-state index in [1.165, 1.54) is 0 Å². The average Bonchev–Trinajstić information content (AvgIpc) is 2.16. The third-order valence-corrected chi connectivity index (χ3v) is 2.43. The molecular formula is C11H19N3. The van der Waals surface area contributed by atoms with Crippen LogP contribution in [0, 0.1) is 0 Å². The van der Waals surface area contributed by atoms with Crippen LogP contribution in [-0.2, 0) is 0 Å². The van der Waals surface area contributed by atoms with Crippen molar-refractivity contribution in [1.82, 2.24) is 4.98 Å². The van der Waals surface area contributed by atoms with Crippen LogP contribution in [0.15, 0.2) is 18.3 Å². The van der Waals surface area contributed by atoms with Crippen molar-refractivity contribution in [2.24, 2.45) is 5.73 Å². The topological polar surface area (TPSA) is 42.1 Å². The fourth-order valence-electron chi connectivity index (χ4n) is 1.17. The average molecular weight is 193 g/mol. The summed E-state index contributed by atoms with van der Waals surface area (Å²) >= 11 is 0. The van der Waals surface area contributed by atoms with Crippen molar-refractivity contribution in [3.8, 4) is 0 Å². The number of nitrogens with two attached hydrogens (primary N) is 1. The highest BCUT2D eigenvalue weighted by Crippen LogP contribution is 2.16. The first kappa shape index (κ1) is 11.0. The van der Waals surface area contributed by atoms with Crippen molar-refractivity contribution in [1.29, 1.82) is 0 Å². The maximum Gasteiger partial charge on any atom is 0.128 e. The molecule has 78 valence electrons. The van der Waals surface area contributed by atoms with Gasteiger partial charge in [-0.3, -0.25) is 0 Å². The van der Waals surface area contributed by atoms with Crippen LogP contribution in [0.3, 0.4) is 0 Å². The monoisotopic (exact) mass is 193 g/mol. The van der Waals surface area contributed by atoms with Gasteiger partial charge in [-0.15, -0.1) is 0 Å². The minimum Gasteiger partial charge on any atom is -0.357 e. The Morgan fingerprint density at radius 3 is 2.50 bits per heavy atom. The van der Waals surface area contributed by atoms with Gasteiger partial charge in [0.2, 0.25) is 0 Å². The molecular weight excluding hydrogens is 174 g/mol. The Bertz CT molecular complexity index is 294. The van der Waals surface area contributed by atoms with E-state index in [-0.39, 0.29) is 6.04 Å². The van der Waals surface area contributed by atoms with E-state index in [2.05, 4.69) is 23.7 Å². The molecule has 0 amide bonds. The molecule has 1 aromatic heterocycles. The van der Waals surface area contributed by atoms with E-state index < -0.39 is 0 Å². The zero-order chi connectivity index (χ0) is 10.7. The Labute approximate surface area is 85.9 Å².